The Morgan fingerprint density at radius 3 is 2.63 bits per heavy atom. The quantitative estimate of drug-likeness (QED) is 0.734. The number of phenolic OH excluding ortho intramolecular Hbond substituents is 2. The molecule has 7 heteroatoms. The van der Waals surface area contributed by atoms with Crippen LogP contribution in [0.25, 0.3) is 0 Å². The summed E-state index contributed by atoms with van der Waals surface area (Å²) in [4.78, 5) is 26.4. The summed E-state index contributed by atoms with van der Waals surface area (Å²) in [6, 6.07) is 11.5. The van der Waals surface area contributed by atoms with Crippen molar-refractivity contribution in [2.45, 2.75) is 25.9 Å². The van der Waals surface area contributed by atoms with E-state index in [1.807, 2.05) is 12.1 Å². The van der Waals surface area contributed by atoms with Gasteiger partial charge in [-0.1, -0.05) is 23.7 Å². The van der Waals surface area contributed by atoms with Crippen molar-refractivity contribution < 1.29 is 19.8 Å². The number of halogens is 1. The molecular weight excluding hydrogens is 368 g/mol. The lowest BCUT2D eigenvalue weighted by molar-refractivity contribution is -0.138. The highest BCUT2D eigenvalue weighted by Gasteiger charge is 2.30. The fraction of sp³-hybridized carbons (Fsp3) is 0.300. The van der Waals surface area contributed by atoms with E-state index in [1.165, 1.54) is 12.1 Å². The Kier molecular flexibility index (Phi) is 5.86. The van der Waals surface area contributed by atoms with Gasteiger partial charge >= 0.3 is 0 Å². The number of carbonyl (C=O) groups is 2. The second kappa shape index (κ2) is 8.31. The van der Waals surface area contributed by atoms with Crippen molar-refractivity contribution in [1.82, 2.24) is 10.2 Å². The van der Waals surface area contributed by atoms with Crippen LogP contribution in [0.1, 0.15) is 24.0 Å². The minimum atomic E-state index is -0.297. The van der Waals surface area contributed by atoms with Crippen LogP contribution in [0.2, 0.25) is 5.02 Å². The van der Waals surface area contributed by atoms with Crippen LogP contribution in [0.3, 0.4) is 0 Å². The number of piperidine rings is 1. The van der Waals surface area contributed by atoms with Crippen molar-refractivity contribution in [3.05, 3.63) is 58.6 Å². The largest absolute Gasteiger partial charge is 0.508 e. The van der Waals surface area contributed by atoms with Crippen LogP contribution in [-0.4, -0.2) is 33.5 Å². The van der Waals surface area contributed by atoms with E-state index in [9.17, 15) is 19.8 Å². The third-order valence-electron chi connectivity index (χ3n) is 4.68. The molecule has 1 atom stereocenters. The SMILES string of the molecule is O=C(NCc1ccc(O)cc1O)[C@H]1CCC(=O)N(Cc2ccc(Cl)cc2)C1. The average molecular weight is 389 g/mol. The molecule has 3 rings (SSSR count). The number of nitrogens with zero attached hydrogens (tertiary/aromatic N) is 1. The Labute approximate surface area is 162 Å². The molecule has 27 heavy (non-hydrogen) atoms. The molecule has 0 spiro atoms. The summed E-state index contributed by atoms with van der Waals surface area (Å²) < 4.78 is 0. The molecule has 1 aliphatic rings. The Hall–Kier alpha value is -2.73. The van der Waals surface area contributed by atoms with E-state index in [4.69, 9.17) is 11.6 Å². The summed E-state index contributed by atoms with van der Waals surface area (Å²) in [5, 5.41) is 22.6. The van der Waals surface area contributed by atoms with E-state index < -0.39 is 0 Å². The lowest BCUT2D eigenvalue weighted by atomic mass is 9.96. The van der Waals surface area contributed by atoms with Crippen molar-refractivity contribution in [1.29, 1.82) is 0 Å². The third kappa shape index (κ3) is 4.92. The molecule has 142 valence electrons. The zero-order chi connectivity index (χ0) is 19.4. The van der Waals surface area contributed by atoms with Crippen molar-refractivity contribution in [3.8, 4) is 11.5 Å². The molecule has 1 heterocycles. The minimum Gasteiger partial charge on any atom is -0.508 e. The maximum atomic E-state index is 12.5. The van der Waals surface area contributed by atoms with Gasteiger partial charge in [-0.3, -0.25) is 9.59 Å². The standard InChI is InChI=1S/C20H21ClN2O4/c21-16-5-1-13(2-6-16)11-23-12-15(4-8-19(23)26)20(27)22-10-14-3-7-17(24)9-18(14)25/h1-3,5-7,9,15,24-25H,4,8,10-12H2,(H,22,27)/t15-/m0/s1. The van der Waals surface area contributed by atoms with Crippen LogP contribution in [0, 0.1) is 5.92 Å². The van der Waals surface area contributed by atoms with Crippen LogP contribution < -0.4 is 5.32 Å². The molecule has 0 aromatic heterocycles. The lowest BCUT2D eigenvalue weighted by Gasteiger charge is -2.32. The molecule has 0 unspecified atom stereocenters. The number of amides is 2. The molecule has 2 amide bonds. The summed E-state index contributed by atoms with van der Waals surface area (Å²) in [5.74, 6) is -0.528. The minimum absolute atomic E-state index is 0.0326. The molecule has 6 nitrogen and oxygen atoms in total. The van der Waals surface area contributed by atoms with Crippen LogP contribution in [0.4, 0.5) is 0 Å². The Morgan fingerprint density at radius 1 is 1.19 bits per heavy atom. The molecule has 1 saturated heterocycles. The number of benzene rings is 2. The molecule has 0 saturated carbocycles. The summed E-state index contributed by atoms with van der Waals surface area (Å²) in [7, 11) is 0. The monoisotopic (exact) mass is 388 g/mol. The van der Waals surface area contributed by atoms with Crippen LogP contribution in [0.15, 0.2) is 42.5 Å². The number of hydrogen-bond acceptors (Lipinski definition) is 4. The number of nitrogens with one attached hydrogen (secondary N) is 1. The highest BCUT2D eigenvalue weighted by Crippen LogP contribution is 2.24. The van der Waals surface area contributed by atoms with E-state index in [2.05, 4.69) is 5.32 Å². The van der Waals surface area contributed by atoms with Gasteiger partial charge in [-0.25, -0.2) is 0 Å². The Bertz CT molecular complexity index is 838. The predicted molar refractivity (Wildman–Crippen MR) is 101 cm³/mol. The van der Waals surface area contributed by atoms with Gasteiger partial charge in [0.2, 0.25) is 11.8 Å². The van der Waals surface area contributed by atoms with Gasteiger partial charge < -0.3 is 20.4 Å². The fourth-order valence-corrected chi connectivity index (χ4v) is 3.25. The number of rotatable bonds is 5. The first-order valence-corrected chi connectivity index (χ1v) is 9.11. The summed E-state index contributed by atoms with van der Waals surface area (Å²) in [5.41, 5.74) is 1.48. The van der Waals surface area contributed by atoms with Gasteiger partial charge in [-0.05, 0) is 36.2 Å². The maximum Gasteiger partial charge on any atom is 0.225 e. The summed E-state index contributed by atoms with van der Waals surface area (Å²) in [6.45, 7) is 0.958. The normalized spacial score (nSPS) is 17.0. The molecule has 0 radical (unpaired) electrons. The topological polar surface area (TPSA) is 89.9 Å². The van der Waals surface area contributed by atoms with Gasteiger partial charge in [-0.15, -0.1) is 0 Å². The van der Waals surface area contributed by atoms with Crippen molar-refractivity contribution >= 4 is 23.4 Å². The van der Waals surface area contributed by atoms with Crippen LogP contribution in [-0.2, 0) is 22.7 Å². The highest BCUT2D eigenvalue weighted by atomic mass is 35.5. The Morgan fingerprint density at radius 2 is 1.93 bits per heavy atom. The second-order valence-corrected chi connectivity index (χ2v) is 7.10. The van der Waals surface area contributed by atoms with Gasteiger partial charge in [0, 0.05) is 42.7 Å². The molecule has 1 aliphatic heterocycles. The van der Waals surface area contributed by atoms with Gasteiger partial charge in [0.1, 0.15) is 11.5 Å². The van der Waals surface area contributed by atoms with E-state index in [1.54, 1.807) is 23.1 Å². The smallest absolute Gasteiger partial charge is 0.225 e. The average Bonchev–Trinajstić information content (AvgIpc) is 2.64. The number of hydrogen-bond donors (Lipinski definition) is 3. The molecule has 0 bridgehead atoms. The molecule has 2 aromatic rings. The van der Waals surface area contributed by atoms with Gasteiger partial charge in [0.25, 0.3) is 0 Å². The highest BCUT2D eigenvalue weighted by molar-refractivity contribution is 6.30. The maximum absolute atomic E-state index is 12.5. The molecule has 0 aliphatic carbocycles. The van der Waals surface area contributed by atoms with Crippen molar-refractivity contribution in [2.75, 3.05) is 6.54 Å². The number of carbonyl (C=O) groups excluding carboxylic acids is 2. The van der Waals surface area contributed by atoms with Crippen LogP contribution >= 0.6 is 11.6 Å². The van der Waals surface area contributed by atoms with Gasteiger partial charge in [0.15, 0.2) is 0 Å². The predicted octanol–water partition coefficient (Wildman–Crippen LogP) is 2.81. The van der Waals surface area contributed by atoms with E-state index in [0.717, 1.165) is 5.56 Å². The van der Waals surface area contributed by atoms with E-state index in [0.29, 0.717) is 36.5 Å². The first-order chi connectivity index (χ1) is 12.9. The zero-order valence-corrected chi connectivity index (χ0v) is 15.4. The second-order valence-electron chi connectivity index (χ2n) is 6.67. The van der Waals surface area contributed by atoms with Crippen molar-refractivity contribution in [3.63, 3.8) is 0 Å². The molecular formula is C20H21ClN2O4. The lowest BCUT2D eigenvalue weighted by Crippen LogP contribution is -2.45. The number of likely N-dealkylation sites (tertiary alicyclic amines) is 1. The van der Waals surface area contributed by atoms with Gasteiger partial charge in [0.05, 0.1) is 5.92 Å². The molecule has 3 N–H and O–H groups in total. The number of phenols is 2. The molecule has 1 fully saturated rings. The summed E-state index contributed by atoms with van der Waals surface area (Å²) >= 11 is 5.89. The van der Waals surface area contributed by atoms with E-state index >= 15 is 0 Å². The summed E-state index contributed by atoms with van der Waals surface area (Å²) in [6.07, 6.45) is 0.833. The van der Waals surface area contributed by atoms with Crippen molar-refractivity contribution in [2.24, 2.45) is 5.92 Å². The number of aromatic hydroxyl groups is 2. The third-order valence-corrected chi connectivity index (χ3v) is 4.93. The fourth-order valence-electron chi connectivity index (χ4n) is 3.12. The van der Waals surface area contributed by atoms with Gasteiger partial charge in [-0.2, -0.15) is 0 Å². The first kappa shape index (κ1) is 19.0. The Balaban J connectivity index is 1.58. The first-order valence-electron chi connectivity index (χ1n) is 8.73. The molecule has 2 aromatic carbocycles. The zero-order valence-electron chi connectivity index (χ0n) is 14.7. The van der Waals surface area contributed by atoms with E-state index in [-0.39, 0.29) is 35.8 Å². The van der Waals surface area contributed by atoms with Crippen LogP contribution in [0.5, 0.6) is 11.5 Å².